The van der Waals surface area contributed by atoms with Gasteiger partial charge in [0.05, 0.1) is 16.2 Å². The zero-order valence-electron chi connectivity index (χ0n) is 19.8. The van der Waals surface area contributed by atoms with Gasteiger partial charge in [0, 0.05) is 11.1 Å². The van der Waals surface area contributed by atoms with Crippen LogP contribution in [0.1, 0.15) is 22.5 Å². The first kappa shape index (κ1) is 27.9. The molecule has 0 saturated carbocycles. The number of aromatic nitrogens is 2. The lowest BCUT2D eigenvalue weighted by molar-refractivity contribution is 0.380. The van der Waals surface area contributed by atoms with Gasteiger partial charge in [0.25, 0.3) is 0 Å². The molecule has 6 nitrogen and oxygen atoms in total. The largest absolute Gasteiger partial charge is 0.241 e. The summed E-state index contributed by atoms with van der Waals surface area (Å²) in [5.41, 5.74) is -9.46. The maximum Gasteiger partial charge on any atom is 0.206 e. The number of hydrogen-bond donors (Lipinski definition) is 0. The van der Waals surface area contributed by atoms with Crippen molar-refractivity contribution >= 4 is 11.4 Å². The number of nitrogens with zero attached hydrogens (tertiary/aromatic N) is 6. The molecule has 0 spiro atoms. The van der Waals surface area contributed by atoms with E-state index >= 15 is 0 Å². The normalized spacial score (nSPS) is 14.0. The minimum atomic E-state index is -2.63. The maximum absolute atomic E-state index is 15.0. The molecule has 42 heavy (non-hydrogen) atoms. The summed E-state index contributed by atoms with van der Waals surface area (Å²) in [4.78, 5) is 13.9. The number of rotatable bonds is 2. The molecule has 0 saturated heterocycles. The van der Waals surface area contributed by atoms with E-state index in [9.17, 15) is 49.2 Å². The van der Waals surface area contributed by atoms with Crippen LogP contribution in [0.5, 0.6) is 0 Å². The van der Waals surface area contributed by atoms with Crippen LogP contribution >= 0.6 is 0 Å². The van der Waals surface area contributed by atoms with Gasteiger partial charge in [-0.05, 0) is 0 Å². The fourth-order valence-corrected chi connectivity index (χ4v) is 4.21. The number of hydrogen-bond acceptors (Lipinski definition) is 5. The molecule has 0 aliphatic heterocycles. The Morgan fingerprint density at radius 3 is 1.31 bits per heavy atom. The Hall–Kier alpha value is -5.64. The summed E-state index contributed by atoms with van der Waals surface area (Å²) in [6, 6.07) is 5.45. The van der Waals surface area contributed by atoms with Crippen molar-refractivity contribution in [3.8, 4) is 28.7 Å². The molecule has 3 aromatic carbocycles. The molecule has 0 radical (unpaired) electrons. The van der Waals surface area contributed by atoms with Gasteiger partial charge in [-0.1, -0.05) is 24.3 Å². The number of aliphatic imine (C=N–C) groups is 1. The van der Waals surface area contributed by atoms with E-state index in [1.807, 2.05) is 0 Å². The molecular weight excluding hydrogens is 586 g/mol. The summed E-state index contributed by atoms with van der Waals surface area (Å²) in [6.45, 7) is 7.15. The Labute approximate surface area is 226 Å². The Morgan fingerprint density at radius 1 is 0.571 bits per heavy atom. The van der Waals surface area contributed by atoms with Gasteiger partial charge in [-0.25, -0.2) is 53.9 Å². The first-order valence-electron chi connectivity index (χ1n) is 10.9. The van der Waals surface area contributed by atoms with Crippen LogP contribution in [0.15, 0.2) is 34.4 Å². The van der Waals surface area contributed by atoms with Crippen molar-refractivity contribution in [2.75, 3.05) is 0 Å². The third-order valence-corrected chi connectivity index (χ3v) is 5.99. The highest BCUT2D eigenvalue weighted by Crippen LogP contribution is 2.41. The summed E-state index contributed by atoms with van der Waals surface area (Å²) in [7, 11) is 0. The number of halogens is 10. The molecule has 5 rings (SSSR count). The summed E-state index contributed by atoms with van der Waals surface area (Å²) >= 11 is 0. The Morgan fingerprint density at radius 2 is 0.929 bits per heavy atom. The van der Waals surface area contributed by atoms with Crippen molar-refractivity contribution in [1.82, 2.24) is 9.97 Å². The summed E-state index contributed by atoms with van der Waals surface area (Å²) < 4.78 is 144. The maximum atomic E-state index is 15.0. The Kier molecular flexibility index (Phi) is 6.70. The topological polar surface area (TPSA) is 78.6 Å². The molecule has 0 bridgehead atoms. The van der Waals surface area contributed by atoms with Crippen LogP contribution in [0.25, 0.3) is 27.5 Å². The molecule has 208 valence electrons. The van der Waals surface area contributed by atoms with Gasteiger partial charge in [0.2, 0.25) is 17.8 Å². The molecule has 0 unspecified atom stereocenters. The van der Waals surface area contributed by atoms with Crippen LogP contribution in [0.2, 0.25) is 0 Å². The fourth-order valence-electron chi connectivity index (χ4n) is 4.21. The van der Waals surface area contributed by atoms with Gasteiger partial charge >= 0.3 is 0 Å². The van der Waals surface area contributed by atoms with Gasteiger partial charge in [0.1, 0.15) is 28.5 Å². The molecule has 4 aromatic rings. The number of nitriles is 1. The average molecular weight is 590 g/mol. The van der Waals surface area contributed by atoms with E-state index in [2.05, 4.69) is 25.0 Å². The third kappa shape index (κ3) is 3.87. The molecule has 0 amide bonds. The quantitative estimate of drug-likeness (QED) is 0.0588. The van der Waals surface area contributed by atoms with Gasteiger partial charge in [-0.3, -0.25) is 0 Å². The van der Waals surface area contributed by atoms with Gasteiger partial charge in [-0.15, -0.1) is 4.95 Å². The predicted octanol–water partition coefficient (Wildman–Crippen LogP) is 6.51. The molecule has 1 aliphatic carbocycles. The third-order valence-electron chi connectivity index (χ3n) is 5.99. The Bertz CT molecular complexity index is 1820. The lowest BCUT2D eigenvalue weighted by Crippen LogP contribution is -2.26. The van der Waals surface area contributed by atoms with Gasteiger partial charge in [-0.2, -0.15) is 16.8 Å². The van der Waals surface area contributed by atoms with Crippen molar-refractivity contribution in [3.05, 3.63) is 116 Å². The second-order valence-corrected chi connectivity index (χ2v) is 8.16. The minimum absolute atomic E-state index is 0.00311. The van der Waals surface area contributed by atoms with Crippen molar-refractivity contribution in [2.45, 2.75) is 0 Å². The highest BCUT2D eigenvalue weighted by molar-refractivity contribution is 6.30. The monoisotopic (exact) mass is 590 g/mol. The lowest BCUT2D eigenvalue weighted by atomic mass is 9.87. The van der Waals surface area contributed by atoms with E-state index in [1.54, 1.807) is 0 Å². The summed E-state index contributed by atoms with van der Waals surface area (Å²) in [5.74, 6) is -25.8. The fraction of sp³-hybridized carbons (Fsp3) is 0. The molecule has 16 heteroatoms. The highest BCUT2D eigenvalue weighted by Gasteiger charge is 2.38. The Balaban J connectivity index is 2.06. The van der Waals surface area contributed by atoms with Crippen molar-refractivity contribution in [1.29, 1.82) is 5.26 Å². The average Bonchev–Trinajstić information content (AvgIpc) is 2.99. The minimum Gasteiger partial charge on any atom is -0.241 e. The van der Waals surface area contributed by atoms with Crippen LogP contribution in [0.3, 0.4) is 0 Å². The first-order chi connectivity index (χ1) is 20.0. The lowest BCUT2D eigenvalue weighted by Gasteiger charge is -2.22. The molecule has 1 aromatic heterocycles. The second-order valence-electron chi connectivity index (χ2n) is 8.16. The van der Waals surface area contributed by atoms with Gasteiger partial charge in [0.15, 0.2) is 52.2 Å². The summed E-state index contributed by atoms with van der Waals surface area (Å²) in [5, 5.41) is 12.8. The molecular formula is C26H4F10N6. The highest BCUT2D eigenvalue weighted by atomic mass is 19.2. The van der Waals surface area contributed by atoms with E-state index in [0.717, 1.165) is 0 Å². The van der Waals surface area contributed by atoms with E-state index in [4.69, 9.17) is 6.57 Å². The van der Waals surface area contributed by atoms with Gasteiger partial charge < -0.3 is 0 Å². The molecule has 1 heterocycles. The summed E-state index contributed by atoms with van der Waals surface area (Å²) in [6.07, 6.45) is 1.40. The van der Waals surface area contributed by atoms with Crippen LogP contribution in [0.4, 0.5) is 43.9 Å². The van der Waals surface area contributed by atoms with Crippen LogP contribution in [-0.4, -0.2) is 21.4 Å². The van der Waals surface area contributed by atoms with Crippen LogP contribution in [-0.2, 0) is 0 Å². The molecule has 0 N–H and O–H groups in total. The molecule has 1 aliphatic rings. The van der Waals surface area contributed by atoms with Crippen molar-refractivity contribution in [3.63, 3.8) is 0 Å². The zero-order chi connectivity index (χ0) is 30.6. The number of fused-ring (bicyclic) bond motifs is 2. The van der Waals surface area contributed by atoms with E-state index in [0.29, 0.717) is 0 Å². The standard InChI is InChI=1S/C26H4F10N6/c1-38-42-22-8-5-3-2-4-7(8)21(39-6-37)25-26(22)41-24(10-13(29)17(33)20(36)18(34)14(10)30)23(40-25)9-11(27)15(31)19(35)16(32)12(9)28/h2-5H/b39-21?,42-22-. The van der Waals surface area contributed by atoms with E-state index in [1.165, 1.54) is 30.5 Å². The van der Waals surface area contributed by atoms with Crippen molar-refractivity contribution in [2.24, 2.45) is 10.1 Å². The second kappa shape index (κ2) is 10.1. The zero-order valence-corrected chi connectivity index (χ0v) is 19.8. The van der Waals surface area contributed by atoms with E-state index in [-0.39, 0.29) is 11.1 Å². The van der Waals surface area contributed by atoms with Crippen LogP contribution < -0.4 is 0 Å². The first-order valence-corrected chi connectivity index (χ1v) is 10.9. The smallest absolute Gasteiger partial charge is 0.206 e. The van der Waals surface area contributed by atoms with Crippen LogP contribution in [0, 0.1) is 76.2 Å². The molecule has 0 fully saturated rings. The molecule has 0 atom stereocenters. The van der Waals surface area contributed by atoms with Crippen molar-refractivity contribution < 1.29 is 43.9 Å². The SMILES string of the molecule is [C-]#[N+]/N=C1/c2ccccc2C(=NC#N)c2nc(-c3c(F)c(F)c(F)c(F)c3F)c(-c3c(F)c(F)c(F)c(F)c3F)nc21. The predicted molar refractivity (Wildman–Crippen MR) is 122 cm³/mol. The van der Waals surface area contributed by atoms with E-state index < -0.39 is 103 Å². The number of benzene rings is 3.